The Morgan fingerprint density at radius 2 is 2.03 bits per heavy atom. The highest BCUT2D eigenvalue weighted by molar-refractivity contribution is 7.85. The first kappa shape index (κ1) is 24.5. The summed E-state index contributed by atoms with van der Waals surface area (Å²) in [6, 6.07) is 12.4. The third kappa shape index (κ3) is 5.16. The molecule has 1 fully saturated rings. The van der Waals surface area contributed by atoms with Crippen molar-refractivity contribution in [3.63, 3.8) is 0 Å². The van der Waals surface area contributed by atoms with Gasteiger partial charge >= 0.3 is 0 Å². The minimum atomic E-state index is -3.70. The number of hydrogen-bond donors (Lipinski definition) is 0. The van der Waals surface area contributed by atoms with Crippen LogP contribution in [0.4, 0.5) is 0 Å². The fraction of sp³-hybridized carbons (Fsp3) is 0.385. The minimum absolute atomic E-state index is 0.0579. The Morgan fingerprint density at radius 1 is 1.17 bits per heavy atom. The van der Waals surface area contributed by atoms with Crippen LogP contribution in [-0.4, -0.2) is 55.6 Å². The smallest absolute Gasteiger partial charge is 0.264 e. The molecule has 10 heteroatoms. The van der Waals surface area contributed by atoms with E-state index < -0.39 is 16.2 Å². The van der Waals surface area contributed by atoms with Crippen molar-refractivity contribution in [2.45, 2.75) is 38.1 Å². The van der Waals surface area contributed by atoms with Crippen LogP contribution in [0.25, 0.3) is 11.1 Å². The summed E-state index contributed by atoms with van der Waals surface area (Å²) in [5, 5.41) is 4.49. The molecule has 2 unspecified atom stereocenters. The zero-order valence-corrected chi connectivity index (χ0v) is 21.1. The second kappa shape index (κ2) is 10.0. The van der Waals surface area contributed by atoms with Gasteiger partial charge in [0.25, 0.3) is 16.0 Å². The van der Waals surface area contributed by atoms with E-state index in [0.29, 0.717) is 17.9 Å². The molecule has 190 valence electrons. The van der Waals surface area contributed by atoms with Gasteiger partial charge in [-0.1, -0.05) is 24.3 Å². The van der Waals surface area contributed by atoms with Crippen LogP contribution in [0, 0.1) is 0 Å². The van der Waals surface area contributed by atoms with Crippen LogP contribution in [0.2, 0.25) is 0 Å². The zero-order valence-electron chi connectivity index (χ0n) is 20.3. The number of carbonyl (C=O) groups is 1. The molecule has 3 heterocycles. The second-order valence-electron chi connectivity index (χ2n) is 9.12. The van der Waals surface area contributed by atoms with Crippen molar-refractivity contribution in [2.75, 3.05) is 26.6 Å². The molecule has 5 rings (SSSR count). The molecule has 2 aromatic carbocycles. The molecule has 0 spiro atoms. The van der Waals surface area contributed by atoms with Crippen molar-refractivity contribution in [3.8, 4) is 16.9 Å². The standard InChI is InChI=1S/C26H29N3O6S/c1-33-22-7-5-6-19(12-22)24(17-35-36(2,31)32)28-15-20-10-9-18(13-23(20)26(28)30)21-14-27-29(16-21)25-8-3-4-11-34-25/h5-7,9-10,12-14,16,24-25H,3-4,8,11,15,17H2,1-2H3. The third-order valence-corrected chi connectivity index (χ3v) is 7.19. The van der Waals surface area contributed by atoms with Gasteiger partial charge in [-0.05, 0) is 54.2 Å². The van der Waals surface area contributed by atoms with Gasteiger partial charge in [0.1, 0.15) is 12.0 Å². The van der Waals surface area contributed by atoms with Crippen molar-refractivity contribution in [1.82, 2.24) is 14.7 Å². The molecular formula is C26H29N3O6S. The van der Waals surface area contributed by atoms with Gasteiger partial charge in [0.15, 0.2) is 0 Å². The third-order valence-electron chi connectivity index (χ3n) is 6.62. The highest BCUT2D eigenvalue weighted by Gasteiger charge is 2.35. The molecule has 0 bridgehead atoms. The van der Waals surface area contributed by atoms with Gasteiger partial charge in [0.05, 0.1) is 32.2 Å². The molecule has 0 saturated carbocycles. The summed E-state index contributed by atoms with van der Waals surface area (Å²) in [6.07, 6.45) is 7.79. The highest BCUT2D eigenvalue weighted by Crippen LogP contribution is 2.35. The molecule has 3 aromatic rings. The number of carbonyl (C=O) groups excluding carboxylic acids is 1. The first-order chi connectivity index (χ1) is 17.3. The molecule has 2 aliphatic heterocycles. The lowest BCUT2D eigenvalue weighted by atomic mass is 10.0. The number of methoxy groups -OCH3 is 1. The Hall–Kier alpha value is -3.21. The van der Waals surface area contributed by atoms with Crippen LogP contribution in [0.5, 0.6) is 5.75 Å². The van der Waals surface area contributed by atoms with E-state index in [9.17, 15) is 13.2 Å². The van der Waals surface area contributed by atoms with Crippen molar-refractivity contribution >= 4 is 16.0 Å². The average Bonchev–Trinajstić information content (AvgIpc) is 3.50. The van der Waals surface area contributed by atoms with Crippen LogP contribution in [-0.2, 0) is 25.6 Å². The summed E-state index contributed by atoms with van der Waals surface area (Å²) >= 11 is 0. The molecule has 1 amide bonds. The molecule has 0 N–H and O–H groups in total. The molecule has 36 heavy (non-hydrogen) atoms. The van der Waals surface area contributed by atoms with Crippen molar-refractivity contribution < 1.29 is 26.9 Å². The summed E-state index contributed by atoms with van der Waals surface area (Å²) < 4.78 is 41.7. The lowest BCUT2D eigenvalue weighted by molar-refractivity contribution is -0.0394. The average molecular weight is 512 g/mol. The van der Waals surface area contributed by atoms with E-state index in [4.69, 9.17) is 13.7 Å². The van der Waals surface area contributed by atoms with E-state index in [2.05, 4.69) is 5.10 Å². The van der Waals surface area contributed by atoms with Crippen LogP contribution in [0.15, 0.2) is 54.9 Å². The van der Waals surface area contributed by atoms with E-state index in [0.717, 1.165) is 54.4 Å². The van der Waals surface area contributed by atoms with E-state index in [1.807, 2.05) is 35.1 Å². The molecule has 9 nitrogen and oxygen atoms in total. The molecule has 0 aliphatic carbocycles. The normalized spacial score (nSPS) is 18.8. The Balaban J connectivity index is 1.42. The number of benzene rings is 2. The number of ether oxygens (including phenoxy) is 2. The van der Waals surface area contributed by atoms with Gasteiger partial charge in [-0.3, -0.25) is 8.98 Å². The number of hydrogen-bond acceptors (Lipinski definition) is 7. The van der Waals surface area contributed by atoms with Crippen molar-refractivity contribution in [1.29, 1.82) is 0 Å². The van der Waals surface area contributed by atoms with Crippen molar-refractivity contribution in [3.05, 3.63) is 71.5 Å². The highest BCUT2D eigenvalue weighted by atomic mass is 32.2. The van der Waals surface area contributed by atoms with Gasteiger partial charge in [0.2, 0.25) is 0 Å². The maximum Gasteiger partial charge on any atom is 0.264 e. The predicted molar refractivity (Wildman–Crippen MR) is 133 cm³/mol. The quantitative estimate of drug-likeness (QED) is 0.423. The number of nitrogens with zero attached hydrogens (tertiary/aromatic N) is 3. The van der Waals surface area contributed by atoms with Crippen molar-refractivity contribution in [2.24, 2.45) is 0 Å². The molecule has 1 saturated heterocycles. The van der Waals surface area contributed by atoms with Gasteiger partial charge in [-0.25, -0.2) is 4.68 Å². The fourth-order valence-electron chi connectivity index (χ4n) is 4.73. The first-order valence-corrected chi connectivity index (χ1v) is 13.7. The molecular weight excluding hydrogens is 482 g/mol. The lowest BCUT2D eigenvalue weighted by Gasteiger charge is -2.28. The SMILES string of the molecule is COc1cccc(C(COS(C)(=O)=O)N2Cc3ccc(-c4cnn(C5CCCCO5)c4)cc3C2=O)c1. The summed E-state index contributed by atoms with van der Waals surface area (Å²) in [4.78, 5) is 15.2. The van der Waals surface area contributed by atoms with E-state index in [1.54, 1.807) is 36.4 Å². The fourth-order valence-corrected chi connectivity index (χ4v) is 5.11. The molecule has 1 aromatic heterocycles. The Kier molecular flexibility index (Phi) is 6.83. The van der Waals surface area contributed by atoms with E-state index in [1.165, 1.54) is 0 Å². The van der Waals surface area contributed by atoms with Gasteiger partial charge in [-0.2, -0.15) is 13.5 Å². The van der Waals surface area contributed by atoms with Crippen LogP contribution >= 0.6 is 0 Å². The Morgan fingerprint density at radius 3 is 2.78 bits per heavy atom. The second-order valence-corrected chi connectivity index (χ2v) is 10.8. The summed E-state index contributed by atoms with van der Waals surface area (Å²) in [6.45, 7) is 0.895. The largest absolute Gasteiger partial charge is 0.497 e. The molecule has 0 radical (unpaired) electrons. The van der Waals surface area contributed by atoms with Crippen LogP contribution in [0.3, 0.4) is 0 Å². The number of aromatic nitrogens is 2. The van der Waals surface area contributed by atoms with E-state index in [-0.39, 0.29) is 18.7 Å². The zero-order chi connectivity index (χ0) is 25.3. The minimum Gasteiger partial charge on any atom is -0.497 e. The first-order valence-electron chi connectivity index (χ1n) is 11.9. The van der Waals surface area contributed by atoms with Gasteiger partial charge in [-0.15, -0.1) is 0 Å². The van der Waals surface area contributed by atoms with Gasteiger partial charge in [0, 0.05) is 30.5 Å². The maximum absolute atomic E-state index is 13.6. The number of amides is 1. The predicted octanol–water partition coefficient (Wildman–Crippen LogP) is 3.93. The number of rotatable bonds is 8. The Bertz CT molecular complexity index is 1360. The number of fused-ring (bicyclic) bond motifs is 1. The molecule has 2 atom stereocenters. The molecule has 2 aliphatic rings. The Labute approximate surface area is 210 Å². The van der Waals surface area contributed by atoms with Crippen LogP contribution < -0.4 is 4.74 Å². The summed E-state index contributed by atoms with van der Waals surface area (Å²) in [5.41, 5.74) is 3.98. The topological polar surface area (TPSA) is 100.0 Å². The maximum atomic E-state index is 13.6. The van der Waals surface area contributed by atoms with Crippen LogP contribution in [0.1, 0.15) is 53.0 Å². The summed E-state index contributed by atoms with van der Waals surface area (Å²) in [5.74, 6) is 0.432. The van der Waals surface area contributed by atoms with E-state index >= 15 is 0 Å². The lowest BCUT2D eigenvalue weighted by Crippen LogP contribution is -2.32. The summed E-state index contributed by atoms with van der Waals surface area (Å²) in [7, 11) is -2.14. The van der Waals surface area contributed by atoms with Gasteiger partial charge < -0.3 is 14.4 Å². The monoisotopic (exact) mass is 511 g/mol.